The highest BCUT2D eigenvalue weighted by molar-refractivity contribution is 5.80. The first-order valence-corrected chi connectivity index (χ1v) is 10.6. The van der Waals surface area contributed by atoms with E-state index in [2.05, 4.69) is 73.6 Å². The summed E-state index contributed by atoms with van der Waals surface area (Å²) in [5, 5.41) is 3.53. The van der Waals surface area contributed by atoms with Crippen molar-refractivity contribution < 1.29 is 4.74 Å². The molecule has 0 atom stereocenters. The molecule has 2 aromatic carbocycles. The summed E-state index contributed by atoms with van der Waals surface area (Å²) in [7, 11) is 3.57. The van der Waals surface area contributed by atoms with Gasteiger partial charge >= 0.3 is 0 Å². The lowest BCUT2D eigenvalue weighted by molar-refractivity contribution is 0.372. The second-order valence-corrected chi connectivity index (χ2v) is 7.62. The summed E-state index contributed by atoms with van der Waals surface area (Å²) in [6.07, 6.45) is 4.43. The summed E-state index contributed by atoms with van der Waals surface area (Å²) in [6.45, 7) is 6.60. The number of hydrogen-bond donors (Lipinski definition) is 1. The van der Waals surface area contributed by atoms with E-state index in [0.717, 1.165) is 57.5 Å². The largest absolute Gasteiger partial charge is 0.497 e. The molecule has 0 saturated carbocycles. The fourth-order valence-corrected chi connectivity index (χ4v) is 4.01. The smallest absolute Gasteiger partial charge is 0.194 e. The number of hydrogen-bond acceptors (Lipinski definition) is 4. The number of piperazine rings is 1. The number of anilines is 2. The van der Waals surface area contributed by atoms with Gasteiger partial charge in [-0.3, -0.25) is 4.99 Å². The number of ether oxygens (including phenoxy) is 1. The Balaban J connectivity index is 1.28. The van der Waals surface area contributed by atoms with Crippen molar-refractivity contribution in [2.24, 2.45) is 4.99 Å². The van der Waals surface area contributed by atoms with Crippen LogP contribution in [0.25, 0.3) is 0 Å². The van der Waals surface area contributed by atoms with Gasteiger partial charge in [0.1, 0.15) is 5.75 Å². The molecule has 0 aliphatic carbocycles. The maximum Gasteiger partial charge on any atom is 0.194 e. The van der Waals surface area contributed by atoms with E-state index in [4.69, 9.17) is 4.74 Å². The molecule has 30 heavy (non-hydrogen) atoms. The zero-order valence-electron chi connectivity index (χ0n) is 17.9. The SMILES string of the molecule is CN=C(NCc1ccc(N2CC=CC2)cc1)N1CCN(c2cccc(OC)c2)CC1. The molecule has 2 aliphatic rings. The van der Waals surface area contributed by atoms with Crippen molar-refractivity contribution in [1.82, 2.24) is 10.2 Å². The molecule has 158 valence electrons. The quantitative estimate of drug-likeness (QED) is 0.471. The Morgan fingerprint density at radius 2 is 1.67 bits per heavy atom. The second-order valence-electron chi connectivity index (χ2n) is 7.62. The number of methoxy groups -OCH3 is 1. The van der Waals surface area contributed by atoms with Gasteiger partial charge in [-0.1, -0.05) is 30.4 Å². The van der Waals surface area contributed by atoms with Crippen LogP contribution in [0.15, 0.2) is 65.7 Å². The number of nitrogens with zero attached hydrogens (tertiary/aromatic N) is 4. The highest BCUT2D eigenvalue weighted by atomic mass is 16.5. The minimum Gasteiger partial charge on any atom is -0.497 e. The van der Waals surface area contributed by atoms with Crippen LogP contribution in [0.1, 0.15) is 5.56 Å². The van der Waals surface area contributed by atoms with Gasteiger partial charge in [0.2, 0.25) is 0 Å². The van der Waals surface area contributed by atoms with Crippen molar-refractivity contribution in [1.29, 1.82) is 0 Å². The van der Waals surface area contributed by atoms with Gasteiger partial charge < -0.3 is 24.8 Å². The molecule has 0 spiro atoms. The van der Waals surface area contributed by atoms with Gasteiger partial charge in [0.15, 0.2) is 5.96 Å². The van der Waals surface area contributed by atoms with Crippen LogP contribution >= 0.6 is 0 Å². The zero-order chi connectivity index (χ0) is 20.8. The van der Waals surface area contributed by atoms with Crippen LogP contribution < -0.4 is 19.9 Å². The van der Waals surface area contributed by atoms with Crippen LogP contribution in [0, 0.1) is 0 Å². The molecule has 6 heteroatoms. The van der Waals surface area contributed by atoms with E-state index in [9.17, 15) is 0 Å². The maximum absolute atomic E-state index is 5.36. The highest BCUT2D eigenvalue weighted by Gasteiger charge is 2.20. The zero-order valence-corrected chi connectivity index (χ0v) is 17.9. The van der Waals surface area contributed by atoms with Crippen LogP contribution in [0.2, 0.25) is 0 Å². The van der Waals surface area contributed by atoms with E-state index in [1.165, 1.54) is 16.9 Å². The van der Waals surface area contributed by atoms with Crippen molar-refractivity contribution in [2.45, 2.75) is 6.54 Å². The molecule has 6 nitrogen and oxygen atoms in total. The molecule has 2 heterocycles. The number of rotatable bonds is 5. The normalized spacial score (nSPS) is 16.9. The summed E-state index contributed by atoms with van der Waals surface area (Å²) in [6, 6.07) is 17.1. The molecule has 2 aromatic rings. The standard InChI is InChI=1S/C24H31N5O/c1-25-24(26-19-20-8-10-21(11-9-20)27-12-3-4-13-27)29-16-14-28(15-17-29)22-6-5-7-23(18-22)30-2/h3-11,18H,12-17,19H2,1-2H3,(H,25,26). The number of benzene rings is 2. The van der Waals surface area contributed by atoms with Crippen LogP contribution in [0.3, 0.4) is 0 Å². The van der Waals surface area contributed by atoms with Gasteiger partial charge in [-0.15, -0.1) is 0 Å². The van der Waals surface area contributed by atoms with Gasteiger partial charge in [0, 0.05) is 70.3 Å². The van der Waals surface area contributed by atoms with E-state index in [1.54, 1.807) is 7.11 Å². The molecule has 0 bridgehead atoms. The third kappa shape index (κ3) is 4.70. The first-order chi connectivity index (χ1) is 14.8. The predicted molar refractivity (Wildman–Crippen MR) is 125 cm³/mol. The lowest BCUT2D eigenvalue weighted by Gasteiger charge is -2.37. The highest BCUT2D eigenvalue weighted by Crippen LogP contribution is 2.22. The Kier molecular flexibility index (Phi) is 6.42. The average molecular weight is 406 g/mol. The Morgan fingerprint density at radius 1 is 0.933 bits per heavy atom. The molecule has 0 unspecified atom stereocenters. The molecular formula is C24H31N5O. The minimum absolute atomic E-state index is 0.779. The van der Waals surface area contributed by atoms with Crippen LogP contribution in [-0.2, 0) is 6.54 Å². The summed E-state index contributed by atoms with van der Waals surface area (Å²) in [5.74, 6) is 1.87. The van der Waals surface area contributed by atoms with Gasteiger partial charge in [0.25, 0.3) is 0 Å². The van der Waals surface area contributed by atoms with E-state index < -0.39 is 0 Å². The second kappa shape index (κ2) is 9.57. The molecule has 0 amide bonds. The van der Waals surface area contributed by atoms with E-state index >= 15 is 0 Å². The topological polar surface area (TPSA) is 43.3 Å². The van der Waals surface area contributed by atoms with Gasteiger partial charge in [-0.05, 0) is 29.8 Å². The van der Waals surface area contributed by atoms with Crippen LogP contribution in [0.4, 0.5) is 11.4 Å². The summed E-state index contributed by atoms with van der Waals surface area (Å²) < 4.78 is 5.36. The van der Waals surface area contributed by atoms with Gasteiger partial charge in [-0.25, -0.2) is 0 Å². The van der Waals surface area contributed by atoms with Crippen molar-refractivity contribution in [3.05, 3.63) is 66.2 Å². The lowest BCUT2D eigenvalue weighted by Crippen LogP contribution is -2.52. The molecule has 0 aromatic heterocycles. The van der Waals surface area contributed by atoms with Gasteiger partial charge in [0.05, 0.1) is 7.11 Å². The Bertz CT molecular complexity index is 877. The molecular weight excluding hydrogens is 374 g/mol. The Hall–Kier alpha value is -3.15. The van der Waals surface area contributed by atoms with Crippen molar-refractivity contribution in [3.8, 4) is 5.75 Å². The minimum atomic E-state index is 0.779. The first-order valence-electron chi connectivity index (χ1n) is 10.6. The molecule has 2 aliphatic heterocycles. The van der Waals surface area contributed by atoms with Crippen molar-refractivity contribution >= 4 is 17.3 Å². The fourth-order valence-electron chi connectivity index (χ4n) is 4.01. The third-order valence-corrected chi connectivity index (χ3v) is 5.78. The lowest BCUT2D eigenvalue weighted by atomic mass is 10.2. The number of aliphatic imine (C=N–C) groups is 1. The monoisotopic (exact) mass is 405 g/mol. The molecule has 1 fully saturated rings. The third-order valence-electron chi connectivity index (χ3n) is 5.78. The fraction of sp³-hybridized carbons (Fsp3) is 0.375. The average Bonchev–Trinajstić information content (AvgIpc) is 3.35. The first kappa shape index (κ1) is 20.1. The van der Waals surface area contributed by atoms with E-state index in [-0.39, 0.29) is 0 Å². The predicted octanol–water partition coefficient (Wildman–Crippen LogP) is 2.97. The van der Waals surface area contributed by atoms with Gasteiger partial charge in [-0.2, -0.15) is 0 Å². The van der Waals surface area contributed by atoms with Crippen molar-refractivity contribution in [3.63, 3.8) is 0 Å². The molecule has 0 radical (unpaired) electrons. The number of guanidine groups is 1. The number of nitrogens with one attached hydrogen (secondary N) is 1. The molecule has 1 N–H and O–H groups in total. The summed E-state index contributed by atoms with van der Waals surface area (Å²) in [4.78, 5) is 11.6. The Morgan fingerprint density at radius 3 is 2.33 bits per heavy atom. The molecule has 1 saturated heterocycles. The van der Waals surface area contributed by atoms with E-state index in [0.29, 0.717) is 0 Å². The van der Waals surface area contributed by atoms with E-state index in [1.807, 2.05) is 19.2 Å². The van der Waals surface area contributed by atoms with Crippen LogP contribution in [0.5, 0.6) is 5.75 Å². The van der Waals surface area contributed by atoms with Crippen LogP contribution in [-0.4, -0.2) is 64.3 Å². The molecule has 4 rings (SSSR count). The van der Waals surface area contributed by atoms with Crippen molar-refractivity contribution in [2.75, 3.05) is 63.2 Å². The summed E-state index contributed by atoms with van der Waals surface area (Å²) in [5.41, 5.74) is 3.76. The Labute approximate surface area is 179 Å². The summed E-state index contributed by atoms with van der Waals surface area (Å²) >= 11 is 0. The maximum atomic E-state index is 5.36.